The molecule has 12 aromatic carbocycles. The Morgan fingerprint density at radius 2 is 0.582 bits per heavy atom. The lowest BCUT2D eigenvalue weighted by Gasteiger charge is -2.19. The number of hydrogen-bond acceptors (Lipinski definition) is 1. The SMILES string of the molecule is N#Cc1c(-n2c3ccccc3c3ccc4c(c5ccccc5n4-c4ccccc4)c32)cc(-c2ccccc2)cc1-n1c2ccccc2c2c3c(c4ccccc4n3-c3ccccc3)c3c(c4ccccc4n3-c3ccccc3)c21. The number of para-hydroxylation sites is 8. The van der Waals surface area contributed by atoms with Gasteiger partial charge in [-0.1, -0.05) is 182 Å². The molecule has 0 atom stereocenters. The van der Waals surface area contributed by atoms with E-state index in [-0.39, 0.29) is 0 Å². The largest absolute Gasteiger partial charge is 0.309 e. The average Bonchev–Trinajstić information content (AvgIpc) is 4.50. The normalized spacial score (nSPS) is 12.0. The Morgan fingerprint density at radius 3 is 1.05 bits per heavy atom. The van der Waals surface area contributed by atoms with Crippen LogP contribution in [0.2, 0.25) is 0 Å². The van der Waals surface area contributed by atoms with Crippen molar-refractivity contribution >= 4 is 109 Å². The van der Waals surface area contributed by atoms with Crippen LogP contribution < -0.4 is 0 Å². The highest BCUT2D eigenvalue weighted by Crippen LogP contribution is 2.52. The van der Waals surface area contributed by atoms with Crippen LogP contribution in [0.1, 0.15) is 5.56 Å². The van der Waals surface area contributed by atoms with Gasteiger partial charge < -0.3 is 22.8 Å². The third-order valence-corrected chi connectivity index (χ3v) is 16.6. The standard InChI is InChI=1S/C73H44N6/c74-45-57-64(78-58-36-18-13-31-51(58)52-41-42-63-66(70(52)78)53-32-14-19-37-59(53)75(63)48-25-7-2-8-26-48)43-47(46-23-5-1-6-24-46)44-65(57)79-62-40-22-17-35-56(62)69-72-67(54-33-15-20-38-60(54)76(72)49-27-9-3-10-28-49)71-68(73(69)79)55-34-16-21-39-61(55)77(71)50-29-11-4-12-30-50/h1-44H. The van der Waals surface area contributed by atoms with Crippen molar-refractivity contribution < 1.29 is 0 Å². The highest BCUT2D eigenvalue weighted by Gasteiger charge is 2.31. The van der Waals surface area contributed by atoms with E-state index in [2.05, 4.69) is 296 Å². The summed E-state index contributed by atoms with van der Waals surface area (Å²) >= 11 is 0. The van der Waals surface area contributed by atoms with Crippen LogP contribution in [0.5, 0.6) is 0 Å². The van der Waals surface area contributed by atoms with Gasteiger partial charge in [0.2, 0.25) is 0 Å². The van der Waals surface area contributed by atoms with Crippen LogP contribution in [0.25, 0.3) is 149 Å². The van der Waals surface area contributed by atoms with Crippen LogP contribution in [0.3, 0.4) is 0 Å². The summed E-state index contributed by atoms with van der Waals surface area (Å²) in [5.74, 6) is 0. The first-order valence-electron chi connectivity index (χ1n) is 26.9. The lowest BCUT2D eigenvalue weighted by atomic mass is 9.99. The molecule has 0 unspecified atom stereocenters. The van der Waals surface area contributed by atoms with Gasteiger partial charge in [0.25, 0.3) is 0 Å². The summed E-state index contributed by atoms with van der Waals surface area (Å²) in [6, 6.07) is 99.0. The van der Waals surface area contributed by atoms with E-state index in [4.69, 9.17) is 0 Å². The minimum atomic E-state index is 0.567. The van der Waals surface area contributed by atoms with Gasteiger partial charge in [-0.05, 0) is 96.1 Å². The van der Waals surface area contributed by atoms with Crippen molar-refractivity contribution in [2.45, 2.75) is 0 Å². The molecule has 0 spiro atoms. The predicted octanol–water partition coefficient (Wildman–Crippen LogP) is 18.7. The van der Waals surface area contributed by atoms with Gasteiger partial charge in [-0.25, -0.2) is 0 Å². The number of rotatable bonds is 6. The van der Waals surface area contributed by atoms with Gasteiger partial charge in [0.1, 0.15) is 11.6 Å². The number of nitriles is 1. The summed E-state index contributed by atoms with van der Waals surface area (Å²) < 4.78 is 12.2. The summed E-state index contributed by atoms with van der Waals surface area (Å²) in [4.78, 5) is 0. The van der Waals surface area contributed by atoms with Crippen molar-refractivity contribution in [3.05, 3.63) is 272 Å². The van der Waals surface area contributed by atoms with Gasteiger partial charge in [0.15, 0.2) is 0 Å². The van der Waals surface area contributed by atoms with E-state index < -0.39 is 0 Å². The Morgan fingerprint density at radius 1 is 0.241 bits per heavy atom. The number of hydrogen-bond donors (Lipinski definition) is 0. The van der Waals surface area contributed by atoms with E-state index in [1.807, 2.05) is 0 Å². The first-order valence-corrected chi connectivity index (χ1v) is 26.9. The topological polar surface area (TPSA) is 48.4 Å². The zero-order valence-electron chi connectivity index (χ0n) is 42.6. The molecule has 5 aromatic heterocycles. The number of nitrogens with zero attached hydrogens (tertiary/aromatic N) is 6. The maximum Gasteiger partial charge on any atom is 0.104 e. The lowest BCUT2D eigenvalue weighted by molar-refractivity contribution is 1.12. The first kappa shape index (κ1) is 43.4. The van der Waals surface area contributed by atoms with E-state index in [1.165, 1.54) is 10.8 Å². The fourth-order valence-corrected chi connectivity index (χ4v) is 13.6. The Labute approximate surface area is 452 Å². The molecule has 5 heterocycles. The molecule has 17 rings (SSSR count). The van der Waals surface area contributed by atoms with Gasteiger partial charge in [0.05, 0.1) is 66.5 Å². The van der Waals surface area contributed by atoms with E-state index in [9.17, 15) is 5.26 Å². The highest BCUT2D eigenvalue weighted by atomic mass is 15.1. The fraction of sp³-hybridized carbons (Fsp3) is 0. The number of fused-ring (bicyclic) bond motifs is 19. The molecule has 0 fully saturated rings. The van der Waals surface area contributed by atoms with Crippen LogP contribution in [-0.2, 0) is 0 Å². The molecule has 0 aliphatic rings. The monoisotopic (exact) mass is 1000 g/mol. The number of benzene rings is 12. The second kappa shape index (κ2) is 16.6. The first-order chi connectivity index (χ1) is 39.2. The van der Waals surface area contributed by atoms with Crippen LogP contribution >= 0.6 is 0 Å². The Hall–Kier alpha value is -10.9. The minimum Gasteiger partial charge on any atom is -0.309 e. The second-order valence-electron chi connectivity index (χ2n) is 20.7. The molecule has 0 aliphatic carbocycles. The van der Waals surface area contributed by atoms with Crippen molar-refractivity contribution in [2.75, 3.05) is 0 Å². The lowest BCUT2D eigenvalue weighted by Crippen LogP contribution is -2.06. The molecule has 79 heavy (non-hydrogen) atoms. The molecule has 0 saturated carbocycles. The molecular weight excluding hydrogens is 961 g/mol. The summed E-state index contributed by atoms with van der Waals surface area (Å²) in [6.07, 6.45) is 0. The van der Waals surface area contributed by atoms with Crippen LogP contribution in [0.15, 0.2) is 267 Å². The van der Waals surface area contributed by atoms with Gasteiger partial charge >= 0.3 is 0 Å². The maximum absolute atomic E-state index is 12.4. The van der Waals surface area contributed by atoms with Gasteiger partial charge in [-0.15, -0.1) is 0 Å². The highest BCUT2D eigenvalue weighted by molar-refractivity contribution is 6.40. The van der Waals surface area contributed by atoms with E-state index in [0.717, 1.165) is 138 Å². The van der Waals surface area contributed by atoms with E-state index in [0.29, 0.717) is 5.56 Å². The smallest absolute Gasteiger partial charge is 0.104 e. The molecular formula is C73H44N6. The predicted molar refractivity (Wildman–Crippen MR) is 328 cm³/mol. The Balaban J connectivity index is 1.12. The summed E-state index contributed by atoms with van der Waals surface area (Å²) in [6.45, 7) is 0. The van der Waals surface area contributed by atoms with E-state index in [1.54, 1.807) is 0 Å². The van der Waals surface area contributed by atoms with Crippen molar-refractivity contribution in [1.82, 2.24) is 22.8 Å². The molecule has 0 saturated heterocycles. The third kappa shape index (κ3) is 5.93. The Kier molecular flexibility index (Phi) is 9.10. The van der Waals surface area contributed by atoms with Crippen LogP contribution in [0.4, 0.5) is 0 Å². The molecule has 6 nitrogen and oxygen atoms in total. The maximum atomic E-state index is 12.4. The Bertz CT molecular complexity index is 5340. The molecule has 0 N–H and O–H groups in total. The van der Waals surface area contributed by atoms with Crippen LogP contribution in [-0.4, -0.2) is 22.8 Å². The molecule has 17 aromatic rings. The van der Waals surface area contributed by atoms with Gasteiger partial charge in [-0.2, -0.15) is 5.26 Å². The molecule has 366 valence electrons. The minimum absolute atomic E-state index is 0.567. The van der Waals surface area contributed by atoms with E-state index >= 15 is 0 Å². The fourth-order valence-electron chi connectivity index (χ4n) is 13.6. The molecule has 0 aliphatic heterocycles. The van der Waals surface area contributed by atoms with Crippen LogP contribution in [0, 0.1) is 11.3 Å². The van der Waals surface area contributed by atoms with Gasteiger partial charge in [-0.3, -0.25) is 0 Å². The van der Waals surface area contributed by atoms with Crippen molar-refractivity contribution in [1.29, 1.82) is 5.26 Å². The van der Waals surface area contributed by atoms with Crippen molar-refractivity contribution in [3.63, 3.8) is 0 Å². The summed E-state index contributed by atoms with van der Waals surface area (Å²) in [5.41, 5.74) is 18.3. The van der Waals surface area contributed by atoms with Crippen molar-refractivity contribution in [2.24, 2.45) is 0 Å². The summed E-state index contributed by atoms with van der Waals surface area (Å²) in [7, 11) is 0. The zero-order chi connectivity index (χ0) is 51.9. The molecule has 0 amide bonds. The zero-order valence-corrected chi connectivity index (χ0v) is 42.6. The molecule has 6 heteroatoms. The quantitative estimate of drug-likeness (QED) is 0.164. The summed E-state index contributed by atoms with van der Waals surface area (Å²) in [5, 5.41) is 23.7. The molecule has 0 bridgehead atoms. The third-order valence-electron chi connectivity index (χ3n) is 16.6. The van der Waals surface area contributed by atoms with Gasteiger partial charge in [0, 0.05) is 70.9 Å². The van der Waals surface area contributed by atoms with Crippen molar-refractivity contribution in [3.8, 4) is 45.6 Å². The number of aromatic nitrogens is 5. The average molecular weight is 1010 g/mol. The molecule has 0 radical (unpaired) electrons. The second-order valence-corrected chi connectivity index (χ2v) is 20.7.